The third kappa shape index (κ3) is 13.9. The second-order valence-corrected chi connectivity index (χ2v) is 3.79. The van der Waals surface area contributed by atoms with Crippen LogP contribution in [0.25, 0.3) is 0 Å². The van der Waals surface area contributed by atoms with Crippen LogP contribution in [0, 0.1) is 0 Å². The molecule has 0 aromatic carbocycles. The Morgan fingerprint density at radius 3 is 2.40 bits per heavy atom. The van der Waals surface area contributed by atoms with Crippen molar-refractivity contribution in [2.24, 2.45) is 0 Å². The average Bonchev–Trinajstić information content (AvgIpc) is 2.18. The predicted octanol–water partition coefficient (Wildman–Crippen LogP) is 3.48. The molecule has 0 radical (unpaired) electrons. The zero-order valence-corrected chi connectivity index (χ0v) is 11.2. The standard InChI is InChI=1S/C9H14ClOP.C2H6O/c1-4-6-9(8(3)10)7-12-11-5-2;1-2-3/h4,6,12H,1,3,5,7H2,2H3;3H,2H2,1H3/b9-6-;. The first-order valence-electron chi connectivity index (χ1n) is 4.75. The number of aliphatic hydroxyl groups excluding tert-OH is 1. The summed E-state index contributed by atoms with van der Waals surface area (Å²) < 4.78 is 5.21. The van der Waals surface area contributed by atoms with Crippen LogP contribution in [0.1, 0.15) is 13.8 Å². The molecule has 0 aliphatic heterocycles. The molecule has 1 atom stereocenters. The summed E-state index contributed by atoms with van der Waals surface area (Å²) in [6.45, 7) is 11.9. The van der Waals surface area contributed by atoms with E-state index in [1.807, 2.05) is 13.0 Å². The van der Waals surface area contributed by atoms with Crippen molar-refractivity contribution in [3.63, 3.8) is 0 Å². The minimum atomic E-state index is 0.250. The molecule has 0 fully saturated rings. The zero-order chi connectivity index (χ0) is 12.1. The summed E-state index contributed by atoms with van der Waals surface area (Å²) in [7, 11) is 0.454. The highest BCUT2D eigenvalue weighted by molar-refractivity contribution is 7.32. The Hall–Kier alpha value is -0.140. The Morgan fingerprint density at radius 1 is 1.53 bits per heavy atom. The molecule has 88 valence electrons. The summed E-state index contributed by atoms with van der Waals surface area (Å²) in [6.07, 6.45) is 4.39. The van der Waals surface area contributed by atoms with E-state index in [9.17, 15) is 0 Å². The SMILES string of the molecule is C=C/C=C(/CPOCC)C(=C)Cl.CCO. The molecule has 0 bridgehead atoms. The molecule has 0 saturated carbocycles. The molecule has 0 saturated heterocycles. The molecule has 0 rings (SSSR count). The molecule has 1 unspecified atom stereocenters. The molecule has 15 heavy (non-hydrogen) atoms. The fraction of sp³-hybridized carbons (Fsp3) is 0.455. The minimum absolute atomic E-state index is 0.250. The van der Waals surface area contributed by atoms with Gasteiger partial charge in [-0.05, 0) is 19.4 Å². The predicted molar refractivity (Wildman–Crippen MR) is 70.8 cm³/mol. The Balaban J connectivity index is 0. The van der Waals surface area contributed by atoms with Gasteiger partial charge in [-0.2, -0.15) is 0 Å². The zero-order valence-electron chi connectivity index (χ0n) is 9.42. The number of halogens is 1. The summed E-state index contributed by atoms with van der Waals surface area (Å²) in [5, 5.41) is 8.14. The molecule has 4 heteroatoms. The second-order valence-electron chi connectivity index (χ2n) is 2.40. The smallest absolute Gasteiger partial charge is 0.0477 e. The lowest BCUT2D eigenvalue weighted by Crippen LogP contribution is -1.86. The summed E-state index contributed by atoms with van der Waals surface area (Å²) in [6, 6.07) is 0. The highest BCUT2D eigenvalue weighted by Gasteiger charge is 1.98. The van der Waals surface area contributed by atoms with Crippen LogP contribution < -0.4 is 0 Å². The van der Waals surface area contributed by atoms with E-state index in [1.165, 1.54) is 0 Å². The fourth-order valence-electron chi connectivity index (χ4n) is 0.618. The van der Waals surface area contributed by atoms with Gasteiger partial charge in [-0.1, -0.05) is 36.9 Å². The van der Waals surface area contributed by atoms with Gasteiger partial charge in [0.25, 0.3) is 0 Å². The van der Waals surface area contributed by atoms with Crippen molar-refractivity contribution in [1.29, 1.82) is 0 Å². The first-order chi connectivity index (χ1) is 7.13. The quantitative estimate of drug-likeness (QED) is 0.444. The maximum Gasteiger partial charge on any atom is 0.0477 e. The first kappa shape index (κ1) is 17.3. The van der Waals surface area contributed by atoms with Crippen LogP contribution in [-0.2, 0) is 4.52 Å². The van der Waals surface area contributed by atoms with Crippen molar-refractivity contribution in [2.45, 2.75) is 13.8 Å². The van der Waals surface area contributed by atoms with Crippen molar-refractivity contribution in [3.05, 3.63) is 35.9 Å². The molecular formula is C11H20ClO2P. The molecule has 0 aromatic rings. The summed E-state index contributed by atoms with van der Waals surface area (Å²) in [5.41, 5.74) is 0.999. The molecule has 0 amide bonds. The first-order valence-corrected chi connectivity index (χ1v) is 6.25. The van der Waals surface area contributed by atoms with Crippen LogP contribution >= 0.6 is 20.4 Å². The average molecular weight is 251 g/mol. The molecule has 1 N–H and O–H groups in total. The molecule has 0 aromatic heterocycles. The number of hydrogen-bond acceptors (Lipinski definition) is 2. The largest absolute Gasteiger partial charge is 0.397 e. The van der Waals surface area contributed by atoms with Gasteiger partial charge in [0.2, 0.25) is 0 Å². The van der Waals surface area contributed by atoms with E-state index in [4.69, 9.17) is 21.2 Å². The van der Waals surface area contributed by atoms with Crippen molar-refractivity contribution in [3.8, 4) is 0 Å². The Morgan fingerprint density at radius 2 is 2.07 bits per heavy atom. The van der Waals surface area contributed by atoms with E-state index in [1.54, 1.807) is 13.0 Å². The molecule has 0 heterocycles. The van der Waals surface area contributed by atoms with Crippen LogP contribution in [0.3, 0.4) is 0 Å². The lowest BCUT2D eigenvalue weighted by atomic mass is 10.3. The molecule has 0 spiro atoms. The van der Waals surface area contributed by atoms with E-state index in [0.29, 0.717) is 13.8 Å². The fourth-order valence-corrected chi connectivity index (χ4v) is 1.65. The van der Waals surface area contributed by atoms with Crippen molar-refractivity contribution >= 4 is 20.4 Å². The van der Waals surface area contributed by atoms with Crippen molar-refractivity contribution in [2.75, 3.05) is 19.4 Å². The normalized spacial score (nSPS) is 11.1. The summed E-state index contributed by atoms with van der Waals surface area (Å²) in [5.74, 6) is 0. The molecule has 0 aliphatic carbocycles. The number of aliphatic hydroxyl groups is 1. The topological polar surface area (TPSA) is 29.5 Å². The van der Waals surface area contributed by atoms with Crippen molar-refractivity contribution in [1.82, 2.24) is 0 Å². The number of allylic oxidation sites excluding steroid dienone is 4. The van der Waals surface area contributed by atoms with Gasteiger partial charge in [0, 0.05) is 33.2 Å². The van der Waals surface area contributed by atoms with E-state index in [2.05, 4.69) is 13.2 Å². The monoisotopic (exact) mass is 250 g/mol. The van der Waals surface area contributed by atoms with Gasteiger partial charge in [-0.25, -0.2) is 0 Å². The second kappa shape index (κ2) is 13.9. The maximum absolute atomic E-state index is 7.57. The Labute approximate surface area is 99.5 Å². The van der Waals surface area contributed by atoms with E-state index >= 15 is 0 Å². The van der Waals surface area contributed by atoms with Crippen molar-refractivity contribution < 1.29 is 9.63 Å². The third-order valence-electron chi connectivity index (χ3n) is 1.18. The van der Waals surface area contributed by atoms with E-state index < -0.39 is 0 Å². The van der Waals surface area contributed by atoms with Crippen LogP contribution in [0.4, 0.5) is 0 Å². The Kier molecular flexibility index (Phi) is 15.9. The van der Waals surface area contributed by atoms with Gasteiger partial charge in [0.15, 0.2) is 0 Å². The van der Waals surface area contributed by atoms with Gasteiger partial charge in [0.05, 0.1) is 0 Å². The minimum Gasteiger partial charge on any atom is -0.397 e. The highest BCUT2D eigenvalue weighted by Crippen LogP contribution is 2.22. The summed E-state index contributed by atoms with van der Waals surface area (Å²) in [4.78, 5) is 0. The van der Waals surface area contributed by atoms with Gasteiger partial charge in [0.1, 0.15) is 0 Å². The van der Waals surface area contributed by atoms with E-state index in [-0.39, 0.29) is 6.61 Å². The van der Waals surface area contributed by atoms with Crippen LogP contribution in [0.15, 0.2) is 35.9 Å². The molecule has 0 aliphatic rings. The highest BCUT2D eigenvalue weighted by atomic mass is 35.5. The van der Waals surface area contributed by atoms with Crippen LogP contribution in [0.2, 0.25) is 0 Å². The van der Waals surface area contributed by atoms with Gasteiger partial charge < -0.3 is 9.63 Å². The van der Waals surface area contributed by atoms with Crippen LogP contribution in [-0.4, -0.2) is 24.5 Å². The molecule has 2 nitrogen and oxygen atoms in total. The van der Waals surface area contributed by atoms with Gasteiger partial charge in [-0.3, -0.25) is 0 Å². The summed E-state index contributed by atoms with van der Waals surface area (Å²) >= 11 is 5.74. The molecular weight excluding hydrogens is 231 g/mol. The lowest BCUT2D eigenvalue weighted by Gasteiger charge is -2.03. The van der Waals surface area contributed by atoms with Crippen LogP contribution in [0.5, 0.6) is 0 Å². The maximum atomic E-state index is 7.57. The Bertz CT molecular complexity index is 203. The van der Waals surface area contributed by atoms with Gasteiger partial charge in [-0.15, -0.1) is 0 Å². The number of hydrogen-bond donors (Lipinski definition) is 1. The van der Waals surface area contributed by atoms with E-state index in [0.717, 1.165) is 18.3 Å². The van der Waals surface area contributed by atoms with Gasteiger partial charge >= 0.3 is 0 Å². The lowest BCUT2D eigenvalue weighted by molar-refractivity contribution is 0.318. The third-order valence-corrected chi connectivity index (χ3v) is 2.44. The number of rotatable bonds is 6.